The Bertz CT molecular complexity index is 643. The summed E-state index contributed by atoms with van der Waals surface area (Å²) in [6.45, 7) is 0.583. The molecule has 3 rings (SSSR count). The van der Waals surface area contributed by atoms with Crippen LogP contribution in [0.3, 0.4) is 0 Å². The Morgan fingerprint density at radius 1 is 1.05 bits per heavy atom. The molecule has 2 aromatic rings. The highest BCUT2D eigenvalue weighted by Gasteiger charge is 2.26. The number of carbonyl (C=O) groups excluding carboxylic acids is 1. The first-order valence-corrected chi connectivity index (χ1v) is 7.24. The molecule has 0 aliphatic carbocycles. The number of rotatable bonds is 2. The van der Waals surface area contributed by atoms with E-state index in [-0.39, 0.29) is 12.1 Å². The molecule has 0 radical (unpaired) electrons. The van der Waals surface area contributed by atoms with Crippen LogP contribution in [0.1, 0.15) is 11.6 Å². The van der Waals surface area contributed by atoms with Gasteiger partial charge in [-0.2, -0.15) is 0 Å². The van der Waals surface area contributed by atoms with Gasteiger partial charge in [0.15, 0.2) is 0 Å². The molecule has 1 saturated heterocycles. The molecule has 1 heterocycles. The summed E-state index contributed by atoms with van der Waals surface area (Å²) in [6.07, 6.45) is 0. The Hall–Kier alpha value is -1.75. The van der Waals surface area contributed by atoms with Crippen LogP contribution in [-0.4, -0.2) is 12.6 Å². The number of nitrogens with one attached hydrogen (secondary N) is 2. The van der Waals surface area contributed by atoms with E-state index in [1.807, 2.05) is 30.3 Å². The van der Waals surface area contributed by atoms with Crippen molar-refractivity contribution in [2.75, 3.05) is 11.6 Å². The van der Waals surface area contributed by atoms with Gasteiger partial charge in [0.25, 0.3) is 0 Å². The van der Waals surface area contributed by atoms with Crippen molar-refractivity contribution < 1.29 is 4.79 Å². The highest BCUT2D eigenvalue weighted by Crippen LogP contribution is 2.26. The van der Waals surface area contributed by atoms with Gasteiger partial charge in [0.05, 0.1) is 11.7 Å². The third kappa shape index (κ3) is 3.13. The van der Waals surface area contributed by atoms with Gasteiger partial charge in [-0.05, 0) is 23.8 Å². The van der Waals surface area contributed by atoms with Crippen LogP contribution in [0.2, 0.25) is 10.0 Å². The molecule has 2 amide bonds. The molecule has 1 unspecified atom stereocenters. The van der Waals surface area contributed by atoms with Crippen molar-refractivity contribution in [3.05, 3.63) is 64.1 Å². The normalized spacial score (nSPS) is 18.5. The van der Waals surface area contributed by atoms with Crippen LogP contribution in [0.15, 0.2) is 48.5 Å². The van der Waals surface area contributed by atoms with E-state index in [4.69, 9.17) is 23.2 Å². The molecule has 1 aliphatic heterocycles. The van der Waals surface area contributed by atoms with Crippen LogP contribution in [0.25, 0.3) is 0 Å². The Labute approximate surface area is 132 Å². The van der Waals surface area contributed by atoms with Crippen molar-refractivity contribution in [1.82, 2.24) is 10.7 Å². The van der Waals surface area contributed by atoms with Crippen LogP contribution < -0.4 is 15.8 Å². The van der Waals surface area contributed by atoms with Crippen LogP contribution in [-0.2, 0) is 0 Å². The van der Waals surface area contributed by atoms with Crippen molar-refractivity contribution in [2.45, 2.75) is 6.04 Å². The van der Waals surface area contributed by atoms with Crippen molar-refractivity contribution >= 4 is 34.9 Å². The second-order valence-corrected chi connectivity index (χ2v) is 5.61. The highest BCUT2D eigenvalue weighted by molar-refractivity contribution is 6.35. The maximum atomic E-state index is 12.3. The van der Waals surface area contributed by atoms with E-state index in [1.54, 1.807) is 18.2 Å². The van der Waals surface area contributed by atoms with E-state index in [9.17, 15) is 4.79 Å². The zero-order valence-electron chi connectivity index (χ0n) is 11.0. The molecule has 1 fully saturated rings. The summed E-state index contributed by atoms with van der Waals surface area (Å²) in [5.74, 6) is 0. The van der Waals surface area contributed by atoms with E-state index in [2.05, 4.69) is 10.7 Å². The number of hydrogen-bond acceptors (Lipinski definition) is 2. The van der Waals surface area contributed by atoms with Gasteiger partial charge < -0.3 is 5.32 Å². The van der Waals surface area contributed by atoms with E-state index >= 15 is 0 Å². The second-order valence-electron chi connectivity index (χ2n) is 4.74. The van der Waals surface area contributed by atoms with Gasteiger partial charge in [0.1, 0.15) is 0 Å². The number of hydrazine groups is 1. The molecular formula is C15H13Cl2N3O. The zero-order valence-corrected chi connectivity index (χ0v) is 12.5. The Morgan fingerprint density at radius 3 is 2.33 bits per heavy atom. The van der Waals surface area contributed by atoms with Gasteiger partial charge in [0.2, 0.25) is 0 Å². The smallest absolute Gasteiger partial charge is 0.328 e. The molecule has 0 aromatic heterocycles. The molecule has 1 atom stereocenters. The molecule has 0 bridgehead atoms. The molecule has 0 saturated carbocycles. The molecular weight excluding hydrogens is 309 g/mol. The number of anilines is 1. The quantitative estimate of drug-likeness (QED) is 0.884. The molecule has 0 spiro atoms. The number of hydrogen-bond donors (Lipinski definition) is 2. The Balaban J connectivity index is 1.79. The first kappa shape index (κ1) is 14.2. The number of halogens is 2. The molecule has 6 heteroatoms. The fourth-order valence-corrected chi connectivity index (χ4v) is 2.80. The summed E-state index contributed by atoms with van der Waals surface area (Å²) < 4.78 is 0. The Morgan fingerprint density at radius 2 is 1.71 bits per heavy atom. The van der Waals surface area contributed by atoms with Gasteiger partial charge in [-0.1, -0.05) is 53.5 Å². The lowest BCUT2D eigenvalue weighted by Crippen LogP contribution is -2.57. The van der Waals surface area contributed by atoms with E-state index in [0.29, 0.717) is 22.3 Å². The minimum atomic E-state index is -0.242. The highest BCUT2D eigenvalue weighted by atomic mass is 35.5. The average Bonchev–Trinajstić information content (AvgIpc) is 2.47. The number of carbonyl (C=O) groups is 1. The third-order valence-corrected chi connectivity index (χ3v) is 3.70. The predicted molar refractivity (Wildman–Crippen MR) is 84.7 cm³/mol. The number of benzene rings is 2. The summed E-state index contributed by atoms with van der Waals surface area (Å²) >= 11 is 11.9. The van der Waals surface area contributed by atoms with Gasteiger partial charge in [-0.15, -0.1) is 0 Å². The lowest BCUT2D eigenvalue weighted by Gasteiger charge is -2.34. The predicted octanol–water partition coefficient (Wildman–Crippen LogP) is 3.77. The molecule has 108 valence electrons. The van der Waals surface area contributed by atoms with Crippen molar-refractivity contribution in [3.63, 3.8) is 0 Å². The van der Waals surface area contributed by atoms with Gasteiger partial charge in [-0.25, -0.2) is 15.2 Å². The summed E-state index contributed by atoms with van der Waals surface area (Å²) in [6, 6.07) is 14.5. The average molecular weight is 322 g/mol. The lowest BCUT2D eigenvalue weighted by atomic mass is 10.1. The largest absolute Gasteiger partial charge is 0.337 e. The first-order valence-electron chi connectivity index (χ1n) is 6.48. The number of nitrogens with zero attached hydrogens (tertiary/aromatic N) is 1. The van der Waals surface area contributed by atoms with Crippen molar-refractivity contribution in [3.8, 4) is 0 Å². The van der Waals surface area contributed by atoms with Gasteiger partial charge >= 0.3 is 6.03 Å². The number of urea groups is 1. The first-order chi connectivity index (χ1) is 10.1. The van der Waals surface area contributed by atoms with Crippen LogP contribution in [0.5, 0.6) is 0 Å². The minimum absolute atomic E-state index is 0.0652. The fourth-order valence-electron chi connectivity index (χ4n) is 2.28. The molecule has 1 aliphatic rings. The summed E-state index contributed by atoms with van der Waals surface area (Å²) in [4.78, 5) is 12.3. The van der Waals surface area contributed by atoms with Crippen LogP contribution in [0, 0.1) is 0 Å². The minimum Gasteiger partial charge on any atom is -0.328 e. The van der Waals surface area contributed by atoms with E-state index < -0.39 is 0 Å². The maximum absolute atomic E-state index is 12.3. The standard InChI is InChI=1S/C15H13Cl2N3O/c16-11-6-12(17)8-13(7-11)20-15(21)19-14(9-18-20)10-4-2-1-3-5-10/h1-8,14,18H,9H2,(H,19,21). The monoisotopic (exact) mass is 321 g/mol. The summed E-state index contributed by atoms with van der Waals surface area (Å²) in [5.41, 5.74) is 4.76. The molecule has 4 nitrogen and oxygen atoms in total. The lowest BCUT2D eigenvalue weighted by molar-refractivity contribution is 0.232. The van der Waals surface area contributed by atoms with Gasteiger partial charge in [-0.3, -0.25) is 0 Å². The van der Waals surface area contributed by atoms with Crippen LogP contribution in [0.4, 0.5) is 10.5 Å². The third-order valence-electron chi connectivity index (χ3n) is 3.26. The SMILES string of the molecule is O=C1NC(c2ccccc2)CNN1c1cc(Cl)cc(Cl)c1. The fraction of sp³-hybridized carbons (Fsp3) is 0.133. The second kappa shape index (κ2) is 5.93. The molecule has 21 heavy (non-hydrogen) atoms. The number of amides is 2. The summed E-state index contributed by atoms with van der Waals surface area (Å²) in [7, 11) is 0. The van der Waals surface area contributed by atoms with Crippen molar-refractivity contribution in [2.24, 2.45) is 0 Å². The van der Waals surface area contributed by atoms with Crippen LogP contribution >= 0.6 is 23.2 Å². The van der Waals surface area contributed by atoms with E-state index in [0.717, 1.165) is 5.56 Å². The summed E-state index contributed by atoms with van der Waals surface area (Å²) in [5, 5.41) is 5.34. The molecule has 2 N–H and O–H groups in total. The maximum Gasteiger partial charge on any atom is 0.337 e. The zero-order chi connectivity index (χ0) is 14.8. The topological polar surface area (TPSA) is 44.4 Å². The molecule has 2 aromatic carbocycles. The Kier molecular flexibility index (Phi) is 4.01. The van der Waals surface area contributed by atoms with Gasteiger partial charge in [0, 0.05) is 16.6 Å². The van der Waals surface area contributed by atoms with Crippen molar-refractivity contribution in [1.29, 1.82) is 0 Å². The van der Waals surface area contributed by atoms with E-state index in [1.165, 1.54) is 5.01 Å².